The Balaban J connectivity index is 2.32. The highest BCUT2D eigenvalue weighted by molar-refractivity contribution is 6.02. The summed E-state index contributed by atoms with van der Waals surface area (Å²) in [6.07, 6.45) is -0.329. The number of hydrogen-bond acceptors (Lipinski definition) is 7. The lowest BCUT2D eigenvalue weighted by Gasteiger charge is -2.38. The summed E-state index contributed by atoms with van der Waals surface area (Å²) >= 11 is 0. The summed E-state index contributed by atoms with van der Waals surface area (Å²) in [7, 11) is 0. The number of hydroxylamine groups is 2. The van der Waals surface area contributed by atoms with Gasteiger partial charge in [-0.1, -0.05) is 5.57 Å². The Morgan fingerprint density at radius 3 is 2.29 bits per heavy atom. The number of fused-ring (bicyclic) bond motifs is 1. The molecule has 156 valence electrons. The van der Waals surface area contributed by atoms with Gasteiger partial charge in [-0.3, -0.25) is 4.84 Å². The van der Waals surface area contributed by atoms with Crippen LogP contribution in [-0.4, -0.2) is 55.1 Å². The van der Waals surface area contributed by atoms with E-state index < -0.39 is 29.6 Å². The monoisotopic (exact) mass is 395 g/mol. The van der Waals surface area contributed by atoms with Crippen LogP contribution in [0, 0.1) is 5.92 Å². The normalized spacial score (nSPS) is 19.9. The minimum atomic E-state index is -0.652. The van der Waals surface area contributed by atoms with E-state index in [4.69, 9.17) is 19.0 Å². The molecule has 0 aromatic heterocycles. The Kier molecular flexibility index (Phi) is 6.87. The molecule has 1 heterocycles. The van der Waals surface area contributed by atoms with Gasteiger partial charge in [0.15, 0.2) is 0 Å². The Hall–Kier alpha value is -2.35. The first-order valence-corrected chi connectivity index (χ1v) is 9.48. The second kappa shape index (κ2) is 8.77. The van der Waals surface area contributed by atoms with E-state index in [1.165, 1.54) is 0 Å². The van der Waals surface area contributed by atoms with Gasteiger partial charge in [0, 0.05) is 12.3 Å². The zero-order chi connectivity index (χ0) is 21.1. The molecule has 1 saturated heterocycles. The zero-order valence-corrected chi connectivity index (χ0v) is 17.4. The fourth-order valence-electron chi connectivity index (χ4n) is 3.25. The van der Waals surface area contributed by atoms with Crippen LogP contribution in [0.3, 0.4) is 0 Å². The molecule has 1 aliphatic carbocycles. The molecule has 0 aromatic rings. The van der Waals surface area contributed by atoms with Crippen molar-refractivity contribution in [2.24, 2.45) is 5.92 Å². The van der Waals surface area contributed by atoms with Crippen LogP contribution in [0.15, 0.2) is 22.3 Å². The van der Waals surface area contributed by atoms with Crippen molar-refractivity contribution in [1.82, 2.24) is 5.06 Å². The van der Waals surface area contributed by atoms with Crippen LogP contribution < -0.4 is 0 Å². The standard InChI is InChI=1S/C20H29NO7/c1-7-25-17(22)13-9-12(3)14-10-21(19(24)28-20(4,5)6)27-11-15(14)16(13)18(23)26-8-2/h15H,7-11H2,1-6H3. The van der Waals surface area contributed by atoms with Crippen LogP contribution in [0.4, 0.5) is 4.79 Å². The minimum Gasteiger partial charge on any atom is -0.463 e. The molecule has 0 radical (unpaired) electrons. The fourth-order valence-corrected chi connectivity index (χ4v) is 3.25. The van der Waals surface area contributed by atoms with E-state index in [0.717, 1.165) is 16.2 Å². The summed E-state index contributed by atoms with van der Waals surface area (Å²) in [5.74, 6) is -1.56. The Morgan fingerprint density at radius 2 is 1.71 bits per heavy atom. The third kappa shape index (κ3) is 4.92. The van der Waals surface area contributed by atoms with Crippen molar-refractivity contribution in [3.63, 3.8) is 0 Å². The molecule has 2 rings (SSSR count). The van der Waals surface area contributed by atoms with Crippen LogP contribution in [0.1, 0.15) is 48.0 Å². The third-order valence-electron chi connectivity index (χ3n) is 4.41. The van der Waals surface area contributed by atoms with Gasteiger partial charge in [-0.2, -0.15) is 5.06 Å². The topological polar surface area (TPSA) is 91.4 Å². The molecule has 1 atom stereocenters. The molecule has 0 N–H and O–H groups in total. The SMILES string of the molecule is CCOC(=O)C1=C(C(=O)OCC)C2CON(C(=O)OC(C)(C)C)CC2=C(C)C1. The highest BCUT2D eigenvalue weighted by Gasteiger charge is 2.41. The van der Waals surface area contributed by atoms with Gasteiger partial charge in [0.1, 0.15) is 5.60 Å². The van der Waals surface area contributed by atoms with Crippen molar-refractivity contribution in [3.05, 3.63) is 22.3 Å². The van der Waals surface area contributed by atoms with Gasteiger partial charge >= 0.3 is 18.0 Å². The average molecular weight is 395 g/mol. The molecule has 8 heteroatoms. The first-order chi connectivity index (χ1) is 13.1. The lowest BCUT2D eigenvalue weighted by molar-refractivity contribution is -0.165. The molecule has 0 bridgehead atoms. The number of carbonyl (C=O) groups excluding carboxylic acids is 3. The highest BCUT2D eigenvalue weighted by atomic mass is 16.7. The molecule has 8 nitrogen and oxygen atoms in total. The largest absolute Gasteiger partial charge is 0.463 e. The van der Waals surface area contributed by atoms with Crippen molar-refractivity contribution in [3.8, 4) is 0 Å². The molecule has 1 amide bonds. The van der Waals surface area contributed by atoms with Crippen molar-refractivity contribution in [2.75, 3.05) is 26.4 Å². The summed E-state index contributed by atoms with van der Waals surface area (Å²) in [6, 6.07) is 0. The van der Waals surface area contributed by atoms with Crippen molar-refractivity contribution in [1.29, 1.82) is 0 Å². The Morgan fingerprint density at radius 1 is 1.11 bits per heavy atom. The smallest absolute Gasteiger partial charge is 0.434 e. The van der Waals surface area contributed by atoms with Crippen LogP contribution in [0.25, 0.3) is 0 Å². The van der Waals surface area contributed by atoms with E-state index in [-0.39, 0.29) is 38.4 Å². The number of allylic oxidation sites excluding steroid dienone is 1. The number of rotatable bonds is 4. The summed E-state index contributed by atoms with van der Waals surface area (Å²) in [5, 5.41) is 1.15. The first kappa shape index (κ1) is 21.9. The molecule has 1 fully saturated rings. The minimum absolute atomic E-state index is 0.0307. The van der Waals surface area contributed by atoms with Gasteiger partial charge in [-0.25, -0.2) is 14.4 Å². The van der Waals surface area contributed by atoms with E-state index >= 15 is 0 Å². The number of esters is 2. The number of hydrogen-bond donors (Lipinski definition) is 0. The molecular formula is C20H29NO7. The average Bonchev–Trinajstić information content (AvgIpc) is 2.60. The first-order valence-electron chi connectivity index (χ1n) is 9.48. The van der Waals surface area contributed by atoms with Crippen LogP contribution in [0.5, 0.6) is 0 Å². The maximum atomic E-state index is 12.6. The molecule has 1 unspecified atom stereocenters. The summed E-state index contributed by atoms with van der Waals surface area (Å²) in [6.45, 7) is 11.2. The predicted octanol–water partition coefficient (Wildman–Crippen LogP) is 2.93. The quantitative estimate of drug-likeness (QED) is 0.410. The molecule has 28 heavy (non-hydrogen) atoms. The van der Waals surface area contributed by atoms with Gasteiger partial charge in [0.2, 0.25) is 0 Å². The maximum Gasteiger partial charge on any atom is 0.434 e. The van der Waals surface area contributed by atoms with Crippen LogP contribution in [0.2, 0.25) is 0 Å². The van der Waals surface area contributed by atoms with Crippen molar-refractivity contribution >= 4 is 18.0 Å². The zero-order valence-electron chi connectivity index (χ0n) is 17.4. The van der Waals surface area contributed by atoms with E-state index in [1.54, 1.807) is 34.6 Å². The number of carbonyl (C=O) groups is 3. The Bertz CT molecular complexity index is 715. The van der Waals surface area contributed by atoms with Gasteiger partial charge in [0.05, 0.1) is 37.5 Å². The van der Waals surface area contributed by atoms with E-state index in [9.17, 15) is 14.4 Å². The maximum absolute atomic E-state index is 12.6. The molecule has 2 aliphatic rings. The van der Waals surface area contributed by atoms with Gasteiger partial charge in [-0.15, -0.1) is 0 Å². The highest BCUT2D eigenvalue weighted by Crippen LogP contribution is 2.39. The van der Waals surface area contributed by atoms with Gasteiger partial charge in [-0.05, 0) is 47.1 Å². The second-order valence-electron chi connectivity index (χ2n) is 7.68. The summed E-state index contributed by atoms with van der Waals surface area (Å²) in [5.41, 5.74) is 1.65. The molecular weight excluding hydrogens is 366 g/mol. The predicted molar refractivity (Wildman–Crippen MR) is 100.0 cm³/mol. The van der Waals surface area contributed by atoms with Crippen molar-refractivity contribution in [2.45, 2.75) is 53.6 Å². The van der Waals surface area contributed by atoms with Crippen molar-refractivity contribution < 1.29 is 33.4 Å². The van der Waals surface area contributed by atoms with Gasteiger partial charge < -0.3 is 14.2 Å². The second-order valence-corrected chi connectivity index (χ2v) is 7.68. The number of nitrogens with zero attached hydrogens (tertiary/aromatic N) is 1. The lowest BCUT2D eigenvalue weighted by Crippen LogP contribution is -2.46. The molecule has 0 spiro atoms. The fraction of sp³-hybridized carbons (Fsp3) is 0.650. The summed E-state index contributed by atoms with van der Waals surface area (Å²) < 4.78 is 15.7. The number of ether oxygens (including phenoxy) is 3. The molecule has 1 aliphatic heterocycles. The van der Waals surface area contributed by atoms with E-state index in [0.29, 0.717) is 5.57 Å². The Labute approximate surface area is 165 Å². The molecule has 0 saturated carbocycles. The van der Waals surface area contributed by atoms with Gasteiger partial charge in [0.25, 0.3) is 0 Å². The molecule has 0 aromatic carbocycles. The van der Waals surface area contributed by atoms with E-state index in [1.807, 2.05) is 6.92 Å². The lowest BCUT2D eigenvalue weighted by atomic mass is 9.77. The van der Waals surface area contributed by atoms with E-state index in [2.05, 4.69) is 0 Å². The van der Waals surface area contributed by atoms with Crippen LogP contribution in [-0.2, 0) is 28.6 Å². The van der Waals surface area contributed by atoms with Crippen LogP contribution >= 0.6 is 0 Å². The summed E-state index contributed by atoms with van der Waals surface area (Å²) in [4.78, 5) is 43.0. The third-order valence-corrected chi connectivity index (χ3v) is 4.41. The number of amides is 1.